The number of nitrogens with zero attached hydrogens (tertiary/aromatic N) is 2. The van der Waals surface area contributed by atoms with Gasteiger partial charge in [0.25, 0.3) is 0 Å². The first kappa shape index (κ1) is 23.3. The second-order valence-electron chi connectivity index (χ2n) is 7.98. The summed E-state index contributed by atoms with van der Waals surface area (Å²) in [6, 6.07) is 24.9. The lowest BCUT2D eigenvalue weighted by atomic mass is 10.2. The predicted molar refractivity (Wildman–Crippen MR) is 140 cm³/mol. The maximum atomic E-state index is 12.5. The summed E-state index contributed by atoms with van der Waals surface area (Å²) in [5.74, 6) is -0.161. The molecule has 5 nitrogen and oxygen atoms in total. The molecule has 0 aliphatic carbocycles. The van der Waals surface area contributed by atoms with E-state index in [2.05, 4.69) is 10.2 Å². The summed E-state index contributed by atoms with van der Waals surface area (Å²) >= 11 is 5.88. The topological polar surface area (TPSA) is 52.7 Å². The first-order chi connectivity index (χ1) is 16.6. The van der Waals surface area contributed by atoms with E-state index < -0.39 is 0 Å². The van der Waals surface area contributed by atoms with E-state index in [-0.39, 0.29) is 11.8 Å². The summed E-state index contributed by atoms with van der Waals surface area (Å²) in [5, 5.41) is 3.53. The molecule has 0 bridgehead atoms. The van der Waals surface area contributed by atoms with E-state index in [9.17, 15) is 9.59 Å². The van der Waals surface area contributed by atoms with Gasteiger partial charge in [0.15, 0.2) is 0 Å². The molecule has 1 heterocycles. The minimum Gasteiger partial charge on any atom is -0.368 e. The Kier molecular flexibility index (Phi) is 7.79. The van der Waals surface area contributed by atoms with Gasteiger partial charge in [-0.05, 0) is 59.7 Å². The Hall–Kier alpha value is -3.83. The summed E-state index contributed by atoms with van der Waals surface area (Å²) in [5.41, 5.74) is 3.72. The molecule has 0 spiro atoms. The lowest BCUT2D eigenvalue weighted by Crippen LogP contribution is -2.48. The standard InChI is InChI=1S/C28H26ClN3O2/c29-24-10-6-23(7-11-24)8-16-27(33)30-25-12-14-26(15-13-25)31-18-20-32(21-19-31)28(34)17-9-22-4-2-1-3-5-22/h1-17H,18-21H2,(H,30,33)/b16-8+,17-9+. The second-order valence-corrected chi connectivity index (χ2v) is 8.41. The number of carbonyl (C=O) groups is 2. The number of anilines is 2. The Morgan fingerprint density at radius 2 is 1.35 bits per heavy atom. The Morgan fingerprint density at radius 3 is 2.03 bits per heavy atom. The lowest BCUT2D eigenvalue weighted by molar-refractivity contribution is -0.126. The third kappa shape index (κ3) is 6.59. The van der Waals surface area contributed by atoms with Crippen LogP contribution in [0.3, 0.4) is 0 Å². The Bertz CT molecular complexity index is 1160. The van der Waals surface area contributed by atoms with E-state index in [1.165, 1.54) is 6.08 Å². The number of rotatable bonds is 6. The molecule has 1 fully saturated rings. The Balaban J connectivity index is 1.25. The van der Waals surface area contributed by atoms with Crippen molar-refractivity contribution in [3.63, 3.8) is 0 Å². The van der Waals surface area contributed by atoms with Crippen LogP contribution in [0, 0.1) is 0 Å². The van der Waals surface area contributed by atoms with Crippen molar-refractivity contribution >= 4 is 46.9 Å². The van der Waals surface area contributed by atoms with Crippen LogP contribution in [0.25, 0.3) is 12.2 Å². The zero-order valence-electron chi connectivity index (χ0n) is 18.7. The van der Waals surface area contributed by atoms with Gasteiger partial charge in [-0.25, -0.2) is 0 Å². The largest absolute Gasteiger partial charge is 0.368 e. The normalized spacial score (nSPS) is 14.0. The van der Waals surface area contributed by atoms with Gasteiger partial charge in [-0.1, -0.05) is 54.1 Å². The highest BCUT2D eigenvalue weighted by atomic mass is 35.5. The molecule has 1 N–H and O–H groups in total. The molecule has 2 amide bonds. The van der Waals surface area contributed by atoms with Crippen LogP contribution >= 0.6 is 11.6 Å². The minimum absolute atomic E-state index is 0.0354. The molecular weight excluding hydrogens is 446 g/mol. The summed E-state index contributed by atoms with van der Waals surface area (Å²) in [6.45, 7) is 2.87. The minimum atomic E-state index is -0.196. The number of piperazine rings is 1. The number of benzene rings is 3. The van der Waals surface area contributed by atoms with Crippen molar-refractivity contribution < 1.29 is 9.59 Å². The molecule has 4 rings (SSSR count). The van der Waals surface area contributed by atoms with Crippen molar-refractivity contribution in [2.24, 2.45) is 0 Å². The summed E-state index contributed by atoms with van der Waals surface area (Å²) in [6.07, 6.45) is 6.74. The first-order valence-electron chi connectivity index (χ1n) is 11.2. The van der Waals surface area contributed by atoms with Gasteiger partial charge >= 0.3 is 0 Å². The monoisotopic (exact) mass is 471 g/mol. The van der Waals surface area contributed by atoms with Crippen LogP contribution in [-0.2, 0) is 9.59 Å². The highest BCUT2D eigenvalue weighted by molar-refractivity contribution is 6.30. The number of amides is 2. The van der Waals surface area contributed by atoms with Crippen molar-refractivity contribution in [3.05, 3.63) is 107 Å². The summed E-state index contributed by atoms with van der Waals surface area (Å²) in [4.78, 5) is 28.8. The van der Waals surface area contributed by atoms with Gasteiger partial charge in [0.1, 0.15) is 0 Å². The van der Waals surface area contributed by atoms with Gasteiger partial charge in [-0.3, -0.25) is 9.59 Å². The fourth-order valence-electron chi connectivity index (χ4n) is 3.71. The maximum absolute atomic E-state index is 12.5. The smallest absolute Gasteiger partial charge is 0.248 e. The molecule has 172 valence electrons. The molecular formula is C28H26ClN3O2. The van der Waals surface area contributed by atoms with Crippen LogP contribution < -0.4 is 10.2 Å². The molecule has 6 heteroatoms. The van der Waals surface area contributed by atoms with Crippen LogP contribution in [-0.4, -0.2) is 42.9 Å². The molecule has 3 aromatic rings. The van der Waals surface area contributed by atoms with Crippen molar-refractivity contribution in [1.29, 1.82) is 0 Å². The average molecular weight is 472 g/mol. The fourth-order valence-corrected chi connectivity index (χ4v) is 3.83. The van der Waals surface area contributed by atoms with Crippen molar-refractivity contribution in [1.82, 2.24) is 4.90 Å². The summed E-state index contributed by atoms with van der Waals surface area (Å²) in [7, 11) is 0. The zero-order valence-corrected chi connectivity index (χ0v) is 19.5. The van der Waals surface area contributed by atoms with Crippen LogP contribution in [0.15, 0.2) is 91.0 Å². The quantitative estimate of drug-likeness (QED) is 0.493. The number of nitrogens with one attached hydrogen (secondary N) is 1. The highest BCUT2D eigenvalue weighted by Crippen LogP contribution is 2.20. The second kappa shape index (κ2) is 11.3. The first-order valence-corrected chi connectivity index (χ1v) is 11.6. The van der Waals surface area contributed by atoms with Gasteiger partial charge in [0, 0.05) is 54.7 Å². The molecule has 0 aromatic heterocycles. The third-order valence-electron chi connectivity index (χ3n) is 5.61. The van der Waals surface area contributed by atoms with Gasteiger partial charge in [-0.15, -0.1) is 0 Å². The lowest BCUT2D eigenvalue weighted by Gasteiger charge is -2.35. The van der Waals surface area contributed by atoms with E-state index >= 15 is 0 Å². The molecule has 0 atom stereocenters. The molecule has 1 aliphatic heterocycles. The van der Waals surface area contributed by atoms with E-state index in [1.807, 2.05) is 77.7 Å². The Labute approximate surface area is 205 Å². The van der Waals surface area contributed by atoms with Crippen molar-refractivity contribution in [2.45, 2.75) is 0 Å². The number of carbonyl (C=O) groups excluding carboxylic acids is 2. The van der Waals surface area contributed by atoms with Crippen molar-refractivity contribution in [2.75, 3.05) is 36.4 Å². The van der Waals surface area contributed by atoms with Crippen LogP contribution in [0.5, 0.6) is 0 Å². The van der Waals surface area contributed by atoms with Crippen LogP contribution in [0.1, 0.15) is 11.1 Å². The molecule has 1 saturated heterocycles. The van der Waals surface area contributed by atoms with Gasteiger partial charge < -0.3 is 15.1 Å². The van der Waals surface area contributed by atoms with Crippen molar-refractivity contribution in [3.8, 4) is 0 Å². The number of hydrogen-bond donors (Lipinski definition) is 1. The molecule has 34 heavy (non-hydrogen) atoms. The number of hydrogen-bond acceptors (Lipinski definition) is 3. The SMILES string of the molecule is O=C(/C=C/c1ccc(Cl)cc1)Nc1ccc(N2CCN(C(=O)/C=C/c3ccccc3)CC2)cc1. The maximum Gasteiger partial charge on any atom is 0.248 e. The van der Waals surface area contributed by atoms with E-state index in [0.717, 1.165) is 35.6 Å². The van der Waals surface area contributed by atoms with Gasteiger partial charge in [0.2, 0.25) is 11.8 Å². The Morgan fingerprint density at radius 1 is 0.735 bits per heavy atom. The molecule has 0 radical (unpaired) electrons. The van der Waals surface area contributed by atoms with E-state index in [0.29, 0.717) is 18.1 Å². The van der Waals surface area contributed by atoms with Gasteiger partial charge in [-0.2, -0.15) is 0 Å². The van der Waals surface area contributed by atoms with Gasteiger partial charge in [0.05, 0.1) is 0 Å². The number of halogens is 1. The molecule has 1 aliphatic rings. The summed E-state index contributed by atoms with van der Waals surface area (Å²) < 4.78 is 0. The van der Waals surface area contributed by atoms with Crippen LogP contribution in [0.4, 0.5) is 11.4 Å². The van der Waals surface area contributed by atoms with E-state index in [4.69, 9.17) is 11.6 Å². The molecule has 0 saturated carbocycles. The predicted octanol–water partition coefficient (Wildman–Crippen LogP) is 5.35. The average Bonchev–Trinajstić information content (AvgIpc) is 2.88. The molecule has 0 unspecified atom stereocenters. The third-order valence-corrected chi connectivity index (χ3v) is 5.86. The molecule has 3 aromatic carbocycles. The highest BCUT2D eigenvalue weighted by Gasteiger charge is 2.19. The fraction of sp³-hybridized carbons (Fsp3) is 0.143. The zero-order chi connectivity index (χ0) is 23.8. The van der Waals surface area contributed by atoms with E-state index in [1.54, 1.807) is 24.3 Å². The van der Waals surface area contributed by atoms with Crippen LogP contribution in [0.2, 0.25) is 5.02 Å².